The summed E-state index contributed by atoms with van der Waals surface area (Å²) in [6.45, 7) is 0. The lowest BCUT2D eigenvalue weighted by Gasteiger charge is -1.92. The molecular formula is C7H3BrFNS2. The average molecular weight is 264 g/mol. The van der Waals surface area contributed by atoms with Crippen molar-refractivity contribution < 1.29 is 4.39 Å². The second kappa shape index (κ2) is 2.90. The van der Waals surface area contributed by atoms with E-state index in [4.69, 9.17) is 12.2 Å². The van der Waals surface area contributed by atoms with Gasteiger partial charge >= 0.3 is 0 Å². The molecule has 1 nitrogen and oxygen atoms in total. The number of hydrogen-bond donors (Lipinski definition) is 1. The zero-order valence-electron chi connectivity index (χ0n) is 5.73. The molecule has 1 heterocycles. The van der Waals surface area contributed by atoms with Crippen molar-refractivity contribution in [1.29, 1.82) is 0 Å². The second-order valence-corrected chi connectivity index (χ2v) is 4.85. The first-order chi connectivity index (χ1) is 5.66. The Morgan fingerprint density at radius 1 is 1.50 bits per heavy atom. The van der Waals surface area contributed by atoms with Crippen molar-refractivity contribution in [3.05, 3.63) is 26.4 Å². The zero-order chi connectivity index (χ0) is 8.72. The van der Waals surface area contributed by atoms with Crippen LogP contribution in [-0.2, 0) is 0 Å². The summed E-state index contributed by atoms with van der Waals surface area (Å²) in [4.78, 5) is 2.90. The highest BCUT2D eigenvalue weighted by Crippen LogP contribution is 2.25. The smallest absolute Gasteiger partial charge is 0.159 e. The van der Waals surface area contributed by atoms with Gasteiger partial charge in [-0.3, -0.25) is 0 Å². The van der Waals surface area contributed by atoms with Crippen molar-refractivity contribution in [3.8, 4) is 0 Å². The number of hydrogen-bond acceptors (Lipinski definition) is 2. The topological polar surface area (TPSA) is 15.8 Å². The molecule has 2 aromatic rings. The molecule has 0 fully saturated rings. The Kier molecular flexibility index (Phi) is 2.02. The highest BCUT2D eigenvalue weighted by atomic mass is 79.9. The monoisotopic (exact) mass is 263 g/mol. The summed E-state index contributed by atoms with van der Waals surface area (Å²) in [6.07, 6.45) is 0. The molecule has 12 heavy (non-hydrogen) atoms. The molecule has 0 atom stereocenters. The van der Waals surface area contributed by atoms with Crippen LogP contribution in [0.25, 0.3) is 10.2 Å². The third-order valence-electron chi connectivity index (χ3n) is 1.46. The fourth-order valence-electron chi connectivity index (χ4n) is 0.946. The van der Waals surface area contributed by atoms with E-state index in [-0.39, 0.29) is 5.82 Å². The molecule has 0 radical (unpaired) electrons. The van der Waals surface area contributed by atoms with E-state index in [0.717, 1.165) is 10.2 Å². The molecule has 1 aromatic carbocycles. The second-order valence-electron chi connectivity index (χ2n) is 2.28. The van der Waals surface area contributed by atoms with Crippen LogP contribution in [0.5, 0.6) is 0 Å². The molecule has 0 spiro atoms. The van der Waals surface area contributed by atoms with Crippen LogP contribution in [0.3, 0.4) is 0 Å². The van der Waals surface area contributed by atoms with Gasteiger partial charge in [-0.15, -0.1) is 11.3 Å². The van der Waals surface area contributed by atoms with Gasteiger partial charge in [-0.1, -0.05) is 0 Å². The van der Waals surface area contributed by atoms with Gasteiger partial charge in [0, 0.05) is 0 Å². The predicted molar refractivity (Wildman–Crippen MR) is 54.7 cm³/mol. The lowest BCUT2D eigenvalue weighted by atomic mass is 10.3. The molecule has 0 amide bonds. The lowest BCUT2D eigenvalue weighted by molar-refractivity contribution is 0.623. The summed E-state index contributed by atoms with van der Waals surface area (Å²) in [6, 6.07) is 3.16. The summed E-state index contributed by atoms with van der Waals surface area (Å²) in [5.41, 5.74) is 0.755. The van der Waals surface area contributed by atoms with E-state index >= 15 is 0 Å². The number of nitrogens with one attached hydrogen (secondary N) is 1. The molecule has 0 aliphatic rings. The molecule has 2 rings (SSSR count). The molecule has 1 aromatic heterocycles. The number of aromatic amines is 1. The molecule has 0 aliphatic carbocycles. The molecule has 0 unspecified atom stereocenters. The number of H-pyrrole nitrogens is 1. The first-order valence-corrected chi connectivity index (χ1v) is 5.16. The van der Waals surface area contributed by atoms with Crippen LogP contribution in [0.1, 0.15) is 0 Å². The Morgan fingerprint density at radius 3 is 3.00 bits per heavy atom. The molecular weight excluding hydrogens is 261 g/mol. The van der Waals surface area contributed by atoms with Crippen molar-refractivity contribution in [2.24, 2.45) is 0 Å². The van der Waals surface area contributed by atoms with E-state index in [0.29, 0.717) is 8.43 Å². The Labute approximate surface area is 85.4 Å². The molecule has 0 bridgehead atoms. The van der Waals surface area contributed by atoms with E-state index in [1.54, 1.807) is 6.07 Å². The van der Waals surface area contributed by atoms with Gasteiger partial charge in [0.25, 0.3) is 0 Å². The number of aromatic nitrogens is 1. The van der Waals surface area contributed by atoms with Crippen LogP contribution in [0.15, 0.2) is 16.6 Å². The minimum atomic E-state index is -0.272. The predicted octanol–water partition coefficient (Wildman–Crippen LogP) is 3.86. The van der Waals surface area contributed by atoms with Crippen LogP contribution in [0.4, 0.5) is 4.39 Å². The number of rotatable bonds is 0. The summed E-state index contributed by atoms with van der Waals surface area (Å²) < 4.78 is 15.1. The molecule has 62 valence electrons. The van der Waals surface area contributed by atoms with Crippen molar-refractivity contribution in [2.75, 3.05) is 0 Å². The lowest BCUT2D eigenvalue weighted by Crippen LogP contribution is -1.75. The van der Waals surface area contributed by atoms with E-state index in [1.807, 2.05) is 0 Å². The van der Waals surface area contributed by atoms with Gasteiger partial charge in [0.15, 0.2) is 3.95 Å². The maximum Gasteiger partial charge on any atom is 0.159 e. The number of thiazole rings is 1. The molecule has 0 saturated carbocycles. The molecule has 0 aliphatic heterocycles. The zero-order valence-corrected chi connectivity index (χ0v) is 8.95. The van der Waals surface area contributed by atoms with Crippen LogP contribution >= 0.6 is 39.5 Å². The number of halogens is 2. The van der Waals surface area contributed by atoms with E-state index in [9.17, 15) is 4.39 Å². The van der Waals surface area contributed by atoms with Crippen molar-refractivity contribution in [1.82, 2.24) is 4.98 Å². The fraction of sp³-hybridized carbons (Fsp3) is 0. The Morgan fingerprint density at radius 2 is 2.25 bits per heavy atom. The third-order valence-corrected chi connectivity index (χ3v) is 3.27. The van der Waals surface area contributed by atoms with Gasteiger partial charge in [-0.05, 0) is 40.3 Å². The molecule has 1 N–H and O–H groups in total. The van der Waals surface area contributed by atoms with E-state index in [1.165, 1.54) is 17.4 Å². The minimum absolute atomic E-state index is 0.272. The van der Waals surface area contributed by atoms with Gasteiger partial charge in [-0.2, -0.15) is 0 Å². The maximum absolute atomic E-state index is 13.0. The van der Waals surface area contributed by atoms with E-state index in [2.05, 4.69) is 20.9 Å². The van der Waals surface area contributed by atoms with Crippen molar-refractivity contribution in [2.45, 2.75) is 0 Å². The normalized spacial score (nSPS) is 10.8. The largest absolute Gasteiger partial charge is 0.337 e. The SMILES string of the molecule is Fc1cc2[nH]c(=S)sc2cc1Br. The summed E-state index contributed by atoms with van der Waals surface area (Å²) in [7, 11) is 0. The van der Waals surface area contributed by atoms with Crippen LogP contribution in [-0.4, -0.2) is 4.98 Å². The molecule has 5 heteroatoms. The van der Waals surface area contributed by atoms with E-state index < -0.39 is 0 Å². The van der Waals surface area contributed by atoms with Crippen molar-refractivity contribution in [3.63, 3.8) is 0 Å². The van der Waals surface area contributed by atoms with Crippen LogP contribution < -0.4 is 0 Å². The summed E-state index contributed by atoms with van der Waals surface area (Å²) in [5, 5.41) is 0. The third kappa shape index (κ3) is 1.32. The highest BCUT2D eigenvalue weighted by molar-refractivity contribution is 9.10. The van der Waals surface area contributed by atoms with Gasteiger partial charge in [-0.25, -0.2) is 4.39 Å². The quantitative estimate of drug-likeness (QED) is 0.714. The maximum atomic E-state index is 13.0. The number of benzene rings is 1. The van der Waals surface area contributed by atoms with Gasteiger partial charge < -0.3 is 4.98 Å². The van der Waals surface area contributed by atoms with Gasteiger partial charge in [0.2, 0.25) is 0 Å². The van der Waals surface area contributed by atoms with Gasteiger partial charge in [0.05, 0.1) is 14.7 Å². The highest BCUT2D eigenvalue weighted by Gasteiger charge is 2.03. The fourth-order valence-corrected chi connectivity index (χ4v) is 2.58. The Balaban J connectivity index is 2.92. The molecule has 0 saturated heterocycles. The number of fused-ring (bicyclic) bond motifs is 1. The van der Waals surface area contributed by atoms with Crippen LogP contribution in [0.2, 0.25) is 0 Å². The van der Waals surface area contributed by atoms with Gasteiger partial charge in [0.1, 0.15) is 5.82 Å². The van der Waals surface area contributed by atoms with Crippen LogP contribution in [0, 0.1) is 9.77 Å². The Bertz CT molecular complexity index is 446. The first-order valence-electron chi connectivity index (χ1n) is 3.15. The minimum Gasteiger partial charge on any atom is -0.337 e. The summed E-state index contributed by atoms with van der Waals surface area (Å²) >= 11 is 9.47. The standard InChI is InChI=1S/C7H3BrFNS2/c8-3-1-6-5(2-4(3)9)10-7(11)12-6/h1-2H,(H,10,11). The summed E-state index contributed by atoms with van der Waals surface area (Å²) in [5.74, 6) is -0.272. The Hall–Kier alpha value is -0.260. The average Bonchev–Trinajstić information content (AvgIpc) is 2.30. The first kappa shape index (κ1) is 8.34. The van der Waals surface area contributed by atoms with Crippen molar-refractivity contribution >= 4 is 49.7 Å².